The quantitative estimate of drug-likeness (QED) is 0.788. The van der Waals surface area contributed by atoms with Crippen molar-refractivity contribution in [3.8, 4) is 11.4 Å². The fourth-order valence-electron chi connectivity index (χ4n) is 1.39. The molecule has 0 atom stereocenters. The zero-order chi connectivity index (χ0) is 10.3. The minimum Gasteiger partial charge on any atom is -0.337 e. The van der Waals surface area contributed by atoms with Crippen molar-refractivity contribution in [3.05, 3.63) is 30.4 Å². The molecule has 2 heterocycles. The maximum absolute atomic E-state index is 5.95. The first-order valence-electron chi connectivity index (χ1n) is 4.81. The van der Waals surface area contributed by atoms with E-state index in [1.54, 1.807) is 12.4 Å². The van der Waals surface area contributed by atoms with Crippen molar-refractivity contribution in [2.24, 2.45) is 5.73 Å². The van der Waals surface area contributed by atoms with Crippen molar-refractivity contribution in [1.82, 2.24) is 15.1 Å². The second kappa shape index (κ2) is 2.87. The van der Waals surface area contributed by atoms with Crippen molar-refractivity contribution in [3.63, 3.8) is 0 Å². The van der Waals surface area contributed by atoms with Crippen LogP contribution in [0.4, 0.5) is 0 Å². The highest BCUT2D eigenvalue weighted by Crippen LogP contribution is 2.41. The normalized spacial score (nSPS) is 17.7. The molecule has 2 aromatic heterocycles. The van der Waals surface area contributed by atoms with Crippen molar-refractivity contribution in [2.45, 2.75) is 18.4 Å². The highest BCUT2D eigenvalue weighted by Gasteiger charge is 2.45. The summed E-state index contributed by atoms with van der Waals surface area (Å²) in [6.45, 7) is 0. The molecule has 0 amide bonds. The molecule has 0 spiro atoms. The van der Waals surface area contributed by atoms with Crippen molar-refractivity contribution < 1.29 is 4.52 Å². The first-order chi connectivity index (χ1) is 7.28. The Kier molecular flexibility index (Phi) is 1.63. The largest absolute Gasteiger partial charge is 0.337 e. The first kappa shape index (κ1) is 8.55. The smallest absolute Gasteiger partial charge is 0.247 e. The van der Waals surface area contributed by atoms with Crippen molar-refractivity contribution in [1.29, 1.82) is 0 Å². The summed E-state index contributed by atoms with van der Waals surface area (Å²) < 4.78 is 5.14. The highest BCUT2D eigenvalue weighted by atomic mass is 16.5. The van der Waals surface area contributed by atoms with Gasteiger partial charge in [0.15, 0.2) is 0 Å². The molecule has 2 N–H and O–H groups in total. The maximum atomic E-state index is 5.95. The van der Waals surface area contributed by atoms with Crippen LogP contribution < -0.4 is 5.73 Å². The van der Waals surface area contributed by atoms with Gasteiger partial charge in [-0.25, -0.2) is 0 Å². The fourth-order valence-corrected chi connectivity index (χ4v) is 1.39. The number of aromatic nitrogens is 3. The predicted octanol–water partition coefficient (Wildman–Crippen LogP) is 1.08. The third-order valence-corrected chi connectivity index (χ3v) is 2.58. The second-order valence-corrected chi connectivity index (χ2v) is 3.82. The SMILES string of the molecule is NC1(c2nc(-c3ccncc3)no2)CC1. The zero-order valence-electron chi connectivity index (χ0n) is 8.05. The lowest BCUT2D eigenvalue weighted by molar-refractivity contribution is 0.348. The van der Waals surface area contributed by atoms with Gasteiger partial charge < -0.3 is 10.3 Å². The van der Waals surface area contributed by atoms with Crippen LogP contribution in [0.25, 0.3) is 11.4 Å². The van der Waals surface area contributed by atoms with Gasteiger partial charge in [0, 0.05) is 18.0 Å². The van der Waals surface area contributed by atoms with Gasteiger partial charge >= 0.3 is 0 Å². The van der Waals surface area contributed by atoms with Crippen LogP contribution in [0, 0.1) is 0 Å². The van der Waals surface area contributed by atoms with Gasteiger partial charge in [0.05, 0.1) is 5.54 Å². The third kappa shape index (κ3) is 1.41. The van der Waals surface area contributed by atoms with Crippen LogP contribution in [0.5, 0.6) is 0 Å². The summed E-state index contributed by atoms with van der Waals surface area (Å²) in [5.74, 6) is 1.11. The van der Waals surface area contributed by atoms with Gasteiger partial charge in [-0.05, 0) is 25.0 Å². The molecule has 0 aromatic carbocycles. The van der Waals surface area contributed by atoms with E-state index in [9.17, 15) is 0 Å². The average Bonchev–Trinajstić information content (AvgIpc) is 2.85. The minimum atomic E-state index is -0.363. The average molecular weight is 202 g/mol. The molecule has 1 saturated carbocycles. The Bertz CT molecular complexity index is 475. The Morgan fingerprint density at radius 1 is 1.27 bits per heavy atom. The van der Waals surface area contributed by atoms with E-state index >= 15 is 0 Å². The summed E-state index contributed by atoms with van der Waals surface area (Å²) >= 11 is 0. The second-order valence-electron chi connectivity index (χ2n) is 3.82. The lowest BCUT2D eigenvalue weighted by Crippen LogP contribution is -2.18. The Balaban J connectivity index is 1.97. The van der Waals surface area contributed by atoms with Crippen LogP contribution in [0.15, 0.2) is 29.0 Å². The molecule has 1 aliphatic carbocycles. The van der Waals surface area contributed by atoms with Gasteiger partial charge in [-0.15, -0.1) is 0 Å². The van der Waals surface area contributed by atoms with Crippen LogP contribution in [0.3, 0.4) is 0 Å². The van der Waals surface area contributed by atoms with E-state index in [0.717, 1.165) is 18.4 Å². The van der Waals surface area contributed by atoms with Crippen LogP contribution >= 0.6 is 0 Å². The summed E-state index contributed by atoms with van der Waals surface area (Å²) in [5, 5.41) is 3.90. The van der Waals surface area contributed by atoms with Gasteiger partial charge in [-0.1, -0.05) is 5.16 Å². The Labute approximate surface area is 86.3 Å². The van der Waals surface area contributed by atoms with Crippen LogP contribution in [0.1, 0.15) is 18.7 Å². The third-order valence-electron chi connectivity index (χ3n) is 2.58. The van der Waals surface area contributed by atoms with E-state index in [2.05, 4.69) is 15.1 Å². The van der Waals surface area contributed by atoms with Crippen LogP contribution in [-0.4, -0.2) is 15.1 Å². The maximum Gasteiger partial charge on any atom is 0.247 e. The van der Waals surface area contributed by atoms with E-state index in [1.807, 2.05) is 12.1 Å². The monoisotopic (exact) mass is 202 g/mol. The number of nitrogens with two attached hydrogens (primary N) is 1. The predicted molar refractivity (Wildman–Crippen MR) is 52.6 cm³/mol. The van der Waals surface area contributed by atoms with E-state index in [1.165, 1.54) is 0 Å². The molecule has 1 fully saturated rings. The number of hydrogen-bond donors (Lipinski definition) is 1. The van der Waals surface area contributed by atoms with E-state index < -0.39 is 0 Å². The number of nitrogens with zero attached hydrogens (tertiary/aromatic N) is 3. The summed E-state index contributed by atoms with van der Waals surface area (Å²) in [7, 11) is 0. The molecular weight excluding hydrogens is 192 g/mol. The highest BCUT2D eigenvalue weighted by molar-refractivity contribution is 5.52. The van der Waals surface area contributed by atoms with Gasteiger partial charge in [-0.3, -0.25) is 4.98 Å². The summed E-state index contributed by atoms with van der Waals surface area (Å²) in [4.78, 5) is 8.21. The molecule has 3 rings (SSSR count). The van der Waals surface area contributed by atoms with Gasteiger partial charge in [-0.2, -0.15) is 4.98 Å². The topological polar surface area (TPSA) is 77.8 Å². The lowest BCUT2D eigenvalue weighted by Gasteiger charge is -1.97. The molecule has 0 radical (unpaired) electrons. The van der Waals surface area contributed by atoms with E-state index in [0.29, 0.717) is 11.7 Å². The number of hydrogen-bond acceptors (Lipinski definition) is 5. The number of rotatable bonds is 2. The fraction of sp³-hybridized carbons (Fsp3) is 0.300. The lowest BCUT2D eigenvalue weighted by atomic mass is 10.2. The van der Waals surface area contributed by atoms with E-state index in [-0.39, 0.29) is 5.54 Å². The van der Waals surface area contributed by atoms with Crippen LogP contribution in [0.2, 0.25) is 0 Å². The van der Waals surface area contributed by atoms with Gasteiger partial charge in [0.2, 0.25) is 11.7 Å². The Hall–Kier alpha value is -1.75. The van der Waals surface area contributed by atoms with Gasteiger partial charge in [0.25, 0.3) is 0 Å². The molecule has 0 aliphatic heterocycles. The molecule has 0 bridgehead atoms. The summed E-state index contributed by atoms with van der Waals surface area (Å²) in [5.41, 5.74) is 6.48. The first-order valence-corrected chi connectivity index (χ1v) is 4.81. The Morgan fingerprint density at radius 3 is 2.67 bits per heavy atom. The molecular formula is C10H10N4O. The summed E-state index contributed by atoms with van der Waals surface area (Å²) in [6.07, 6.45) is 5.23. The van der Waals surface area contributed by atoms with Crippen LogP contribution in [-0.2, 0) is 5.54 Å². The Morgan fingerprint density at radius 2 is 2.00 bits per heavy atom. The number of pyridine rings is 1. The van der Waals surface area contributed by atoms with Crippen molar-refractivity contribution in [2.75, 3.05) is 0 Å². The molecule has 76 valence electrons. The molecule has 0 saturated heterocycles. The minimum absolute atomic E-state index is 0.363. The van der Waals surface area contributed by atoms with Crippen molar-refractivity contribution >= 4 is 0 Å². The molecule has 0 unspecified atom stereocenters. The van der Waals surface area contributed by atoms with Gasteiger partial charge in [0.1, 0.15) is 0 Å². The molecule has 5 heteroatoms. The molecule has 1 aliphatic rings. The summed E-state index contributed by atoms with van der Waals surface area (Å²) in [6, 6.07) is 3.68. The molecule has 5 nitrogen and oxygen atoms in total. The molecule has 15 heavy (non-hydrogen) atoms. The molecule has 2 aromatic rings. The van der Waals surface area contributed by atoms with E-state index in [4.69, 9.17) is 10.3 Å². The zero-order valence-corrected chi connectivity index (χ0v) is 8.05. The standard InChI is InChI=1S/C10H10N4O/c11-10(3-4-10)9-13-8(14-15-9)7-1-5-12-6-2-7/h1-2,5-6H,3-4,11H2.